The highest BCUT2D eigenvalue weighted by molar-refractivity contribution is 14.1. The molecule has 0 radical (unpaired) electrons. The Bertz CT molecular complexity index is 473. The molecule has 0 aromatic heterocycles. The van der Waals surface area contributed by atoms with Gasteiger partial charge in [-0.05, 0) is 36.9 Å². The van der Waals surface area contributed by atoms with E-state index in [1.807, 2.05) is 0 Å². The molecule has 102 valence electrons. The Hall–Kier alpha value is -1.57. The third kappa shape index (κ3) is 4.55. The number of carbonyl (C=O) groups is 2. The van der Waals surface area contributed by atoms with Gasteiger partial charge in [-0.3, -0.25) is 4.79 Å². The molecule has 0 bridgehead atoms. The van der Waals surface area contributed by atoms with Crippen molar-refractivity contribution in [1.29, 1.82) is 0 Å². The minimum Gasteiger partial charge on any atom is -0.478 e. The summed E-state index contributed by atoms with van der Waals surface area (Å²) in [7, 11) is 0. The van der Waals surface area contributed by atoms with Gasteiger partial charge < -0.3 is 15.7 Å². The Morgan fingerprint density at radius 2 is 2.05 bits per heavy atom. The first kappa shape index (κ1) is 15.5. The Balaban J connectivity index is 0.000000191. The average molecular weight is 374 g/mol. The van der Waals surface area contributed by atoms with Crippen molar-refractivity contribution in [2.24, 2.45) is 0 Å². The summed E-state index contributed by atoms with van der Waals surface area (Å²) >= 11 is 2.16. The van der Waals surface area contributed by atoms with Gasteiger partial charge in [0.05, 0.1) is 9.49 Å². The van der Waals surface area contributed by atoms with Crippen LogP contribution in [0.2, 0.25) is 0 Å². The summed E-state index contributed by atoms with van der Waals surface area (Å²) in [5, 5.41) is 8.43. The lowest BCUT2D eigenvalue weighted by Crippen LogP contribution is -2.20. The van der Waals surface area contributed by atoms with Crippen LogP contribution in [-0.4, -0.2) is 32.4 Å². The third-order valence-corrected chi connectivity index (χ3v) is 3.71. The summed E-state index contributed by atoms with van der Waals surface area (Å²) in [6, 6.07) is 6.06. The molecule has 0 spiro atoms. The molecule has 1 aliphatic rings. The van der Waals surface area contributed by atoms with Gasteiger partial charge in [0, 0.05) is 12.2 Å². The van der Waals surface area contributed by atoms with E-state index in [0.29, 0.717) is 5.69 Å². The lowest BCUT2D eigenvalue weighted by molar-refractivity contribution is -0.124. The molecule has 1 aromatic rings. The number of rotatable bonds is 2. The number of hydrogen-bond donors (Lipinski definition) is 2. The number of nitrogens with zero attached hydrogens (tertiary/aromatic N) is 1. The van der Waals surface area contributed by atoms with Crippen LogP contribution < -0.4 is 5.73 Å². The number of carbonyl (C=O) groups excluding carboxylic acids is 1. The molecule has 1 atom stereocenters. The van der Waals surface area contributed by atoms with Crippen molar-refractivity contribution in [3.05, 3.63) is 42.6 Å². The summed E-state index contributed by atoms with van der Waals surface area (Å²) in [5.41, 5.74) is 6.17. The first-order valence-corrected chi connectivity index (χ1v) is 6.86. The molecule has 1 fully saturated rings. The average Bonchev–Trinajstić information content (AvgIpc) is 2.71. The largest absolute Gasteiger partial charge is 0.478 e. The smallest absolute Gasteiger partial charge is 0.335 e. The number of carboxylic acid groups (broad SMARTS) is 1. The van der Waals surface area contributed by atoms with Crippen molar-refractivity contribution in [2.45, 2.75) is 10.3 Å². The summed E-state index contributed by atoms with van der Waals surface area (Å²) < 4.78 is 0.181. The number of amides is 1. The van der Waals surface area contributed by atoms with Crippen LogP contribution in [0.25, 0.3) is 0 Å². The van der Waals surface area contributed by atoms with Crippen molar-refractivity contribution in [1.82, 2.24) is 4.90 Å². The molecule has 0 saturated carbocycles. The van der Waals surface area contributed by atoms with Crippen LogP contribution in [0.5, 0.6) is 0 Å². The van der Waals surface area contributed by atoms with E-state index in [2.05, 4.69) is 29.2 Å². The number of carboxylic acids is 1. The summed E-state index contributed by atoms with van der Waals surface area (Å²) in [6.45, 7) is 4.37. The zero-order valence-electron chi connectivity index (χ0n) is 10.3. The number of anilines is 1. The van der Waals surface area contributed by atoms with Crippen LogP contribution in [-0.2, 0) is 4.79 Å². The highest BCUT2D eigenvalue weighted by atomic mass is 127. The van der Waals surface area contributed by atoms with Crippen molar-refractivity contribution in [3.8, 4) is 0 Å². The second-order valence-corrected chi connectivity index (χ2v) is 5.40. The number of halogens is 1. The molecule has 0 aliphatic carbocycles. The molecular weight excluding hydrogens is 359 g/mol. The quantitative estimate of drug-likeness (QED) is 0.472. The lowest BCUT2D eigenvalue weighted by Gasteiger charge is -2.06. The van der Waals surface area contributed by atoms with Crippen molar-refractivity contribution < 1.29 is 14.7 Å². The van der Waals surface area contributed by atoms with Crippen LogP contribution in [0.3, 0.4) is 0 Å². The standard InChI is InChI=1S/C7H7NO2.C6H8INO/c8-6-3-1-5(2-4-6)7(9)10;1-2-8-4-3-5(7)6(8)9/h1-4H,8H2,(H,9,10);2,5H,1,3-4H2. The van der Waals surface area contributed by atoms with E-state index in [-0.39, 0.29) is 15.4 Å². The number of likely N-dealkylation sites (tertiary alicyclic amines) is 1. The lowest BCUT2D eigenvalue weighted by atomic mass is 10.2. The van der Waals surface area contributed by atoms with E-state index in [4.69, 9.17) is 10.8 Å². The Kier molecular flexibility index (Phi) is 5.81. The van der Waals surface area contributed by atoms with Gasteiger partial charge >= 0.3 is 5.97 Å². The predicted molar refractivity (Wildman–Crippen MR) is 82.1 cm³/mol. The maximum absolute atomic E-state index is 11.0. The molecule has 1 heterocycles. The number of nitrogens with two attached hydrogens (primary N) is 1. The molecule has 1 amide bonds. The van der Waals surface area contributed by atoms with Crippen LogP contribution in [0.1, 0.15) is 16.8 Å². The summed E-state index contributed by atoms with van der Waals surface area (Å²) in [5.74, 6) is -0.731. The third-order valence-electron chi connectivity index (χ3n) is 2.55. The van der Waals surface area contributed by atoms with E-state index < -0.39 is 5.97 Å². The molecule has 19 heavy (non-hydrogen) atoms. The predicted octanol–water partition coefficient (Wildman–Crippen LogP) is 2.13. The van der Waals surface area contributed by atoms with Gasteiger partial charge in [-0.2, -0.15) is 0 Å². The number of nitrogen functional groups attached to an aromatic ring is 1. The minimum absolute atomic E-state index is 0.181. The molecule has 1 aromatic carbocycles. The van der Waals surface area contributed by atoms with E-state index in [1.165, 1.54) is 12.1 Å². The van der Waals surface area contributed by atoms with Gasteiger partial charge in [0.15, 0.2) is 0 Å². The Morgan fingerprint density at radius 3 is 2.37 bits per heavy atom. The van der Waals surface area contributed by atoms with Crippen LogP contribution in [0.15, 0.2) is 37.0 Å². The molecular formula is C13H15IN2O3. The van der Waals surface area contributed by atoms with E-state index in [1.54, 1.807) is 23.2 Å². The second kappa shape index (κ2) is 7.13. The summed E-state index contributed by atoms with van der Waals surface area (Å²) in [4.78, 5) is 22.9. The molecule has 6 heteroatoms. The zero-order chi connectivity index (χ0) is 14.4. The summed E-state index contributed by atoms with van der Waals surface area (Å²) in [6.07, 6.45) is 2.56. The monoisotopic (exact) mass is 374 g/mol. The van der Waals surface area contributed by atoms with Gasteiger partial charge in [0.2, 0.25) is 5.91 Å². The highest BCUT2D eigenvalue weighted by Crippen LogP contribution is 2.18. The van der Waals surface area contributed by atoms with Crippen molar-refractivity contribution >= 4 is 40.2 Å². The van der Waals surface area contributed by atoms with Gasteiger partial charge in [-0.15, -0.1) is 0 Å². The van der Waals surface area contributed by atoms with Gasteiger partial charge in [-0.1, -0.05) is 29.2 Å². The normalized spacial score (nSPS) is 17.6. The number of benzene rings is 1. The first-order valence-electron chi connectivity index (χ1n) is 5.61. The van der Waals surface area contributed by atoms with Crippen LogP contribution >= 0.6 is 22.6 Å². The first-order chi connectivity index (χ1) is 8.95. The second-order valence-electron chi connectivity index (χ2n) is 3.90. The number of aromatic carboxylic acids is 1. The van der Waals surface area contributed by atoms with E-state index in [0.717, 1.165) is 13.0 Å². The maximum atomic E-state index is 11.0. The van der Waals surface area contributed by atoms with Crippen LogP contribution in [0, 0.1) is 0 Å². The molecule has 5 nitrogen and oxygen atoms in total. The van der Waals surface area contributed by atoms with Crippen molar-refractivity contribution in [2.75, 3.05) is 12.3 Å². The van der Waals surface area contributed by atoms with E-state index in [9.17, 15) is 9.59 Å². The van der Waals surface area contributed by atoms with Gasteiger partial charge in [-0.25, -0.2) is 4.79 Å². The Morgan fingerprint density at radius 1 is 1.47 bits per heavy atom. The fourth-order valence-corrected chi connectivity index (χ4v) is 2.11. The fraction of sp³-hybridized carbons (Fsp3) is 0.231. The van der Waals surface area contributed by atoms with Crippen molar-refractivity contribution in [3.63, 3.8) is 0 Å². The van der Waals surface area contributed by atoms with Gasteiger partial charge in [0.25, 0.3) is 0 Å². The Labute approximate surface area is 125 Å². The highest BCUT2D eigenvalue weighted by Gasteiger charge is 2.26. The maximum Gasteiger partial charge on any atom is 0.335 e. The molecule has 1 saturated heterocycles. The minimum atomic E-state index is -0.931. The van der Waals surface area contributed by atoms with Crippen LogP contribution in [0.4, 0.5) is 5.69 Å². The fourth-order valence-electron chi connectivity index (χ4n) is 1.47. The number of alkyl halides is 1. The zero-order valence-corrected chi connectivity index (χ0v) is 12.4. The molecule has 3 N–H and O–H groups in total. The topological polar surface area (TPSA) is 83.6 Å². The molecule has 2 rings (SSSR count). The van der Waals surface area contributed by atoms with Gasteiger partial charge in [0.1, 0.15) is 0 Å². The van der Waals surface area contributed by atoms with E-state index >= 15 is 0 Å². The molecule has 1 unspecified atom stereocenters. The number of hydrogen-bond acceptors (Lipinski definition) is 3. The SMILES string of the molecule is C=CN1CCC(I)C1=O.Nc1ccc(C(=O)O)cc1. The molecule has 1 aliphatic heterocycles.